The van der Waals surface area contributed by atoms with Gasteiger partial charge in [-0.05, 0) is 47.5 Å². The first kappa shape index (κ1) is 16.7. The third-order valence-electron chi connectivity index (χ3n) is 5.52. The zero-order chi connectivity index (χ0) is 19.9. The number of rotatable bonds is 2. The topological polar surface area (TPSA) is 51.6 Å². The molecule has 4 heterocycles. The number of hydrogen-bond acceptors (Lipinski definition) is 4. The molecule has 0 radical (unpaired) electrons. The minimum atomic E-state index is 0.993. The summed E-state index contributed by atoms with van der Waals surface area (Å²) in [5, 5.41) is 4.46. The molecule has 6 rings (SSSR count). The zero-order valence-corrected chi connectivity index (χ0v) is 16.0. The van der Waals surface area contributed by atoms with Gasteiger partial charge in [0.15, 0.2) is 0 Å². The van der Waals surface area contributed by atoms with Crippen LogP contribution in [0.1, 0.15) is 0 Å². The van der Waals surface area contributed by atoms with Crippen molar-refractivity contribution in [2.75, 3.05) is 0 Å². The summed E-state index contributed by atoms with van der Waals surface area (Å²) in [7, 11) is 0. The second-order valence-electron chi connectivity index (χ2n) is 7.29. The third-order valence-corrected chi connectivity index (χ3v) is 5.52. The molecule has 6 aromatic rings. The number of fused-ring (bicyclic) bond motifs is 5. The molecule has 0 saturated heterocycles. The summed E-state index contributed by atoms with van der Waals surface area (Å²) in [4.78, 5) is 17.8. The predicted molar refractivity (Wildman–Crippen MR) is 121 cm³/mol. The van der Waals surface area contributed by atoms with Crippen LogP contribution >= 0.6 is 0 Å². The largest absolute Gasteiger partial charge is 0.265 e. The lowest BCUT2D eigenvalue weighted by molar-refractivity contribution is 1.32. The van der Waals surface area contributed by atoms with Gasteiger partial charge < -0.3 is 0 Å². The quantitative estimate of drug-likeness (QED) is 0.341. The van der Waals surface area contributed by atoms with Crippen LogP contribution < -0.4 is 0 Å². The maximum Gasteiger partial charge on any atom is 0.0781 e. The van der Waals surface area contributed by atoms with E-state index in [1.165, 1.54) is 0 Å². The van der Waals surface area contributed by atoms with Gasteiger partial charge in [-0.3, -0.25) is 19.9 Å². The summed E-state index contributed by atoms with van der Waals surface area (Å²) in [6, 6.07) is 20.9. The van der Waals surface area contributed by atoms with Gasteiger partial charge in [0.2, 0.25) is 0 Å². The van der Waals surface area contributed by atoms with E-state index in [9.17, 15) is 0 Å². The standard InChI is InChI=1S/C26H16N4/c1-3-23-24(25-19(1)13-21(15-29-25)17-5-9-27-10-6-17)4-2-20-14-22(16-30-26(20)23)18-7-11-28-12-8-18/h1-16H. The summed E-state index contributed by atoms with van der Waals surface area (Å²) in [6.07, 6.45) is 11.1. The van der Waals surface area contributed by atoms with Gasteiger partial charge in [-0.25, -0.2) is 0 Å². The van der Waals surface area contributed by atoms with Crippen molar-refractivity contribution in [2.24, 2.45) is 0 Å². The lowest BCUT2D eigenvalue weighted by atomic mass is 9.99. The minimum absolute atomic E-state index is 0.993. The molecule has 0 aliphatic rings. The molecule has 0 amide bonds. The summed E-state index contributed by atoms with van der Waals surface area (Å²) < 4.78 is 0. The Hall–Kier alpha value is -4.18. The van der Waals surface area contributed by atoms with Crippen molar-refractivity contribution in [2.45, 2.75) is 0 Å². The van der Waals surface area contributed by atoms with Crippen molar-refractivity contribution in [3.05, 3.63) is 97.8 Å². The van der Waals surface area contributed by atoms with Crippen molar-refractivity contribution in [3.63, 3.8) is 0 Å². The molecule has 4 heteroatoms. The highest BCUT2D eigenvalue weighted by Gasteiger charge is 2.09. The molecule has 140 valence electrons. The van der Waals surface area contributed by atoms with Crippen LogP contribution in [0.2, 0.25) is 0 Å². The van der Waals surface area contributed by atoms with Crippen LogP contribution in [0.4, 0.5) is 0 Å². The number of pyridine rings is 4. The Morgan fingerprint density at radius 3 is 1.30 bits per heavy atom. The molecular formula is C26H16N4. The number of aromatic nitrogens is 4. The Labute approximate surface area is 172 Å². The van der Waals surface area contributed by atoms with Gasteiger partial charge in [0.25, 0.3) is 0 Å². The van der Waals surface area contributed by atoms with Crippen molar-refractivity contribution in [1.29, 1.82) is 0 Å². The highest BCUT2D eigenvalue weighted by Crippen LogP contribution is 2.32. The van der Waals surface area contributed by atoms with Crippen LogP contribution in [0.25, 0.3) is 54.8 Å². The molecule has 0 spiro atoms. The highest BCUT2D eigenvalue weighted by molar-refractivity contribution is 6.15. The molecule has 0 aliphatic carbocycles. The molecule has 4 aromatic heterocycles. The molecular weight excluding hydrogens is 368 g/mol. The Kier molecular flexibility index (Phi) is 3.74. The number of nitrogens with zero attached hydrogens (tertiary/aromatic N) is 4. The van der Waals surface area contributed by atoms with Crippen LogP contribution in [0.3, 0.4) is 0 Å². The van der Waals surface area contributed by atoms with E-state index in [0.29, 0.717) is 0 Å². The van der Waals surface area contributed by atoms with Crippen molar-refractivity contribution >= 4 is 32.6 Å². The molecule has 0 bridgehead atoms. The highest BCUT2D eigenvalue weighted by atomic mass is 14.7. The Balaban J connectivity index is 1.53. The third kappa shape index (κ3) is 2.70. The van der Waals surface area contributed by atoms with Crippen molar-refractivity contribution in [1.82, 2.24) is 19.9 Å². The first-order valence-corrected chi connectivity index (χ1v) is 9.79. The van der Waals surface area contributed by atoms with Gasteiger partial charge in [0.1, 0.15) is 0 Å². The second-order valence-corrected chi connectivity index (χ2v) is 7.29. The molecule has 2 aromatic carbocycles. The van der Waals surface area contributed by atoms with Crippen LogP contribution in [0.5, 0.6) is 0 Å². The van der Waals surface area contributed by atoms with Crippen molar-refractivity contribution in [3.8, 4) is 22.3 Å². The van der Waals surface area contributed by atoms with Crippen LogP contribution in [-0.2, 0) is 0 Å². The van der Waals surface area contributed by atoms with Crippen LogP contribution in [0, 0.1) is 0 Å². The van der Waals surface area contributed by atoms with Gasteiger partial charge in [-0.15, -0.1) is 0 Å². The summed E-state index contributed by atoms with van der Waals surface area (Å²) >= 11 is 0. The van der Waals surface area contributed by atoms with Gasteiger partial charge in [0.05, 0.1) is 11.0 Å². The summed E-state index contributed by atoms with van der Waals surface area (Å²) in [5.74, 6) is 0. The molecule has 0 atom stereocenters. The SMILES string of the molecule is c1cc(-c2cnc3c(ccc4c3ccc3cc(-c5ccncc5)cnc34)c2)ccn1. The van der Waals surface area contributed by atoms with Crippen LogP contribution in [0.15, 0.2) is 97.8 Å². The minimum Gasteiger partial charge on any atom is -0.265 e. The first-order valence-electron chi connectivity index (χ1n) is 9.79. The predicted octanol–water partition coefficient (Wildman–Crippen LogP) is 6.06. The van der Waals surface area contributed by atoms with E-state index in [4.69, 9.17) is 9.97 Å². The normalized spacial score (nSPS) is 11.3. The Morgan fingerprint density at radius 2 is 0.867 bits per heavy atom. The molecule has 0 aliphatic heterocycles. The van der Waals surface area contributed by atoms with E-state index >= 15 is 0 Å². The van der Waals surface area contributed by atoms with E-state index in [0.717, 1.165) is 54.8 Å². The molecule has 0 saturated carbocycles. The maximum atomic E-state index is 4.80. The number of hydrogen-bond donors (Lipinski definition) is 0. The van der Waals surface area contributed by atoms with Crippen molar-refractivity contribution < 1.29 is 0 Å². The lowest BCUT2D eigenvalue weighted by Crippen LogP contribution is -1.88. The van der Waals surface area contributed by atoms with E-state index in [2.05, 4.69) is 46.4 Å². The maximum absolute atomic E-state index is 4.80. The van der Waals surface area contributed by atoms with E-state index in [1.54, 1.807) is 24.8 Å². The summed E-state index contributed by atoms with van der Waals surface area (Å²) in [5.41, 5.74) is 6.39. The Morgan fingerprint density at radius 1 is 0.433 bits per heavy atom. The van der Waals surface area contributed by atoms with Gasteiger partial charge >= 0.3 is 0 Å². The fourth-order valence-corrected chi connectivity index (χ4v) is 4.01. The zero-order valence-electron chi connectivity index (χ0n) is 16.0. The van der Waals surface area contributed by atoms with Gasteiger partial charge in [-0.1, -0.05) is 24.3 Å². The van der Waals surface area contributed by atoms with E-state index in [-0.39, 0.29) is 0 Å². The molecule has 30 heavy (non-hydrogen) atoms. The fraction of sp³-hybridized carbons (Fsp3) is 0. The van der Waals surface area contributed by atoms with Crippen LogP contribution in [-0.4, -0.2) is 19.9 Å². The molecule has 4 nitrogen and oxygen atoms in total. The number of benzene rings is 2. The molecule has 0 unspecified atom stereocenters. The van der Waals surface area contributed by atoms with E-state index < -0.39 is 0 Å². The average Bonchev–Trinajstić information content (AvgIpc) is 2.84. The fourth-order valence-electron chi connectivity index (χ4n) is 4.01. The monoisotopic (exact) mass is 384 g/mol. The molecule has 0 N–H and O–H groups in total. The molecule has 0 fully saturated rings. The smallest absolute Gasteiger partial charge is 0.0781 e. The average molecular weight is 384 g/mol. The van der Waals surface area contributed by atoms with E-state index in [1.807, 2.05) is 36.7 Å². The second kappa shape index (κ2) is 6.71. The lowest BCUT2D eigenvalue weighted by Gasteiger charge is -2.09. The van der Waals surface area contributed by atoms with Gasteiger partial charge in [-0.2, -0.15) is 0 Å². The first-order chi connectivity index (χ1) is 14.9. The van der Waals surface area contributed by atoms with Gasteiger partial charge in [0, 0.05) is 69.9 Å². The Bertz CT molecular complexity index is 1410. The summed E-state index contributed by atoms with van der Waals surface area (Å²) in [6.45, 7) is 0.